The van der Waals surface area contributed by atoms with E-state index in [1.165, 1.54) is 0 Å². The van der Waals surface area contributed by atoms with Crippen LogP contribution in [0.1, 0.15) is 55.3 Å². The summed E-state index contributed by atoms with van der Waals surface area (Å²) in [5, 5.41) is 13.2. The van der Waals surface area contributed by atoms with E-state index in [4.69, 9.17) is 4.52 Å². The van der Waals surface area contributed by atoms with Crippen LogP contribution in [0.15, 0.2) is 10.6 Å². The number of rotatable bonds is 3. The zero-order valence-corrected chi connectivity index (χ0v) is 11.6. The van der Waals surface area contributed by atoms with E-state index < -0.39 is 0 Å². The van der Waals surface area contributed by atoms with Crippen LogP contribution in [-0.2, 0) is 0 Å². The normalized spacial score (nSPS) is 20.6. The van der Waals surface area contributed by atoms with E-state index in [-0.39, 0.29) is 24.3 Å². The van der Waals surface area contributed by atoms with Crippen molar-refractivity contribution in [3.05, 3.63) is 17.5 Å². The maximum absolute atomic E-state index is 12.4. The Morgan fingerprint density at radius 1 is 1.58 bits per heavy atom. The zero-order valence-electron chi connectivity index (χ0n) is 11.6. The lowest BCUT2D eigenvalue weighted by atomic mass is 10.0. The molecule has 5 nitrogen and oxygen atoms in total. The minimum atomic E-state index is -0.0870. The van der Waals surface area contributed by atoms with Gasteiger partial charge in [0.25, 0.3) is 5.91 Å². The zero-order chi connectivity index (χ0) is 13.8. The summed E-state index contributed by atoms with van der Waals surface area (Å²) >= 11 is 0. The lowest BCUT2D eigenvalue weighted by Crippen LogP contribution is -2.35. The van der Waals surface area contributed by atoms with E-state index in [1.807, 2.05) is 13.8 Å². The fourth-order valence-electron chi connectivity index (χ4n) is 2.39. The van der Waals surface area contributed by atoms with Gasteiger partial charge in [0.2, 0.25) is 0 Å². The molecule has 0 radical (unpaired) electrons. The summed E-state index contributed by atoms with van der Waals surface area (Å²) in [7, 11) is 0. The van der Waals surface area contributed by atoms with Gasteiger partial charge in [-0.25, -0.2) is 0 Å². The first-order valence-electron chi connectivity index (χ1n) is 6.98. The molecule has 1 atom stereocenters. The number of hydrogen-bond acceptors (Lipinski definition) is 4. The molecule has 2 rings (SSSR count). The fourth-order valence-corrected chi connectivity index (χ4v) is 2.39. The molecule has 2 heterocycles. The molecular weight excluding hydrogens is 244 g/mol. The second-order valence-electron chi connectivity index (χ2n) is 5.56. The Kier molecular flexibility index (Phi) is 4.58. The second-order valence-corrected chi connectivity index (χ2v) is 5.56. The van der Waals surface area contributed by atoms with Crippen molar-refractivity contribution in [3.8, 4) is 0 Å². The molecule has 1 aromatic rings. The van der Waals surface area contributed by atoms with Gasteiger partial charge in [-0.1, -0.05) is 25.4 Å². The van der Waals surface area contributed by atoms with Gasteiger partial charge in [0.05, 0.1) is 0 Å². The molecule has 1 saturated heterocycles. The van der Waals surface area contributed by atoms with Crippen molar-refractivity contribution in [1.29, 1.82) is 0 Å². The molecule has 0 aliphatic carbocycles. The monoisotopic (exact) mass is 266 g/mol. The molecule has 1 N–H and O–H groups in total. The number of likely N-dealkylation sites (tertiary alicyclic amines) is 1. The standard InChI is InChI=1S/C14H22N2O3/c1-10(2)13-7-12(15-19-13)14(18)16-6-4-3-5-11(8-16)9-17/h7,10-11,17H,3-6,8-9H2,1-2H3. The average molecular weight is 266 g/mol. The lowest BCUT2D eigenvalue weighted by molar-refractivity contribution is 0.0709. The van der Waals surface area contributed by atoms with E-state index in [0.29, 0.717) is 12.2 Å². The van der Waals surface area contributed by atoms with E-state index in [2.05, 4.69) is 5.16 Å². The number of amides is 1. The minimum Gasteiger partial charge on any atom is -0.396 e. The number of aliphatic hydroxyl groups excluding tert-OH is 1. The highest BCUT2D eigenvalue weighted by Gasteiger charge is 2.25. The third-order valence-electron chi connectivity index (χ3n) is 3.63. The molecule has 1 unspecified atom stereocenters. The van der Waals surface area contributed by atoms with Gasteiger partial charge < -0.3 is 14.5 Å². The molecule has 0 spiro atoms. The topological polar surface area (TPSA) is 66.6 Å². The highest BCUT2D eigenvalue weighted by molar-refractivity contribution is 5.92. The number of carbonyl (C=O) groups is 1. The van der Waals surface area contributed by atoms with Crippen LogP contribution in [0.25, 0.3) is 0 Å². The van der Waals surface area contributed by atoms with Crippen LogP contribution >= 0.6 is 0 Å². The molecule has 1 amide bonds. The highest BCUT2D eigenvalue weighted by Crippen LogP contribution is 2.20. The molecule has 1 aliphatic rings. The molecule has 1 aliphatic heterocycles. The Balaban J connectivity index is 2.08. The quantitative estimate of drug-likeness (QED) is 0.909. The van der Waals surface area contributed by atoms with Crippen LogP contribution in [0.5, 0.6) is 0 Å². The third kappa shape index (κ3) is 3.35. The summed E-state index contributed by atoms with van der Waals surface area (Å²) < 4.78 is 5.18. The first-order chi connectivity index (χ1) is 9.11. The van der Waals surface area contributed by atoms with Crippen molar-refractivity contribution in [2.45, 2.75) is 39.0 Å². The van der Waals surface area contributed by atoms with Crippen molar-refractivity contribution in [1.82, 2.24) is 10.1 Å². The molecule has 0 bridgehead atoms. The Labute approximate surface area is 113 Å². The summed E-state index contributed by atoms with van der Waals surface area (Å²) in [6.45, 7) is 5.49. The molecular formula is C14H22N2O3. The number of carbonyl (C=O) groups excluding carboxylic acids is 1. The van der Waals surface area contributed by atoms with Crippen LogP contribution in [0.2, 0.25) is 0 Å². The first kappa shape index (κ1) is 14.1. The van der Waals surface area contributed by atoms with E-state index in [9.17, 15) is 9.90 Å². The Bertz CT molecular complexity index is 428. The summed E-state index contributed by atoms with van der Waals surface area (Å²) in [4.78, 5) is 14.2. The van der Waals surface area contributed by atoms with Crippen LogP contribution in [0.4, 0.5) is 0 Å². The van der Waals surface area contributed by atoms with Crippen molar-refractivity contribution >= 4 is 5.91 Å². The summed E-state index contributed by atoms with van der Waals surface area (Å²) in [5.41, 5.74) is 0.377. The van der Waals surface area contributed by atoms with E-state index >= 15 is 0 Å². The maximum Gasteiger partial charge on any atom is 0.276 e. The van der Waals surface area contributed by atoms with Crippen LogP contribution in [0.3, 0.4) is 0 Å². The van der Waals surface area contributed by atoms with Gasteiger partial charge in [-0.15, -0.1) is 0 Å². The van der Waals surface area contributed by atoms with Gasteiger partial charge >= 0.3 is 0 Å². The predicted octanol–water partition coefficient (Wildman–Crippen LogP) is 2.03. The number of aromatic nitrogens is 1. The van der Waals surface area contributed by atoms with Gasteiger partial charge in [-0.05, 0) is 18.8 Å². The SMILES string of the molecule is CC(C)c1cc(C(=O)N2CCCCC(CO)C2)no1. The number of aliphatic hydroxyl groups is 1. The largest absolute Gasteiger partial charge is 0.396 e. The molecule has 19 heavy (non-hydrogen) atoms. The van der Waals surface area contributed by atoms with Gasteiger partial charge in [0.1, 0.15) is 5.76 Å². The van der Waals surface area contributed by atoms with Gasteiger partial charge in [0, 0.05) is 31.7 Å². The van der Waals surface area contributed by atoms with Crippen molar-refractivity contribution in [2.24, 2.45) is 5.92 Å². The van der Waals surface area contributed by atoms with Gasteiger partial charge in [0.15, 0.2) is 5.69 Å². The summed E-state index contributed by atoms with van der Waals surface area (Å²) in [6, 6.07) is 1.73. The second kappa shape index (κ2) is 6.19. The molecule has 106 valence electrons. The number of nitrogens with zero attached hydrogens (tertiary/aromatic N) is 2. The van der Waals surface area contributed by atoms with Gasteiger partial charge in [-0.2, -0.15) is 0 Å². The van der Waals surface area contributed by atoms with Crippen molar-refractivity contribution in [3.63, 3.8) is 0 Å². The lowest BCUT2D eigenvalue weighted by Gasteiger charge is -2.22. The van der Waals surface area contributed by atoms with E-state index in [0.717, 1.165) is 31.6 Å². The maximum atomic E-state index is 12.4. The molecule has 1 fully saturated rings. The molecule has 0 saturated carbocycles. The van der Waals surface area contributed by atoms with E-state index in [1.54, 1.807) is 11.0 Å². The smallest absolute Gasteiger partial charge is 0.276 e. The van der Waals surface area contributed by atoms with Crippen LogP contribution < -0.4 is 0 Å². The Morgan fingerprint density at radius 2 is 2.37 bits per heavy atom. The molecule has 1 aromatic heterocycles. The fraction of sp³-hybridized carbons (Fsp3) is 0.714. The predicted molar refractivity (Wildman–Crippen MR) is 70.9 cm³/mol. The first-order valence-corrected chi connectivity index (χ1v) is 6.98. The summed E-state index contributed by atoms with van der Waals surface area (Å²) in [6.07, 6.45) is 3.03. The molecule has 0 aromatic carbocycles. The van der Waals surface area contributed by atoms with Crippen molar-refractivity contribution < 1.29 is 14.4 Å². The average Bonchev–Trinajstić information content (AvgIpc) is 2.77. The Morgan fingerprint density at radius 3 is 3.00 bits per heavy atom. The highest BCUT2D eigenvalue weighted by atomic mass is 16.5. The van der Waals surface area contributed by atoms with Crippen molar-refractivity contribution in [2.75, 3.05) is 19.7 Å². The minimum absolute atomic E-state index is 0.0870. The van der Waals surface area contributed by atoms with Gasteiger partial charge in [-0.3, -0.25) is 4.79 Å². The van der Waals surface area contributed by atoms with Crippen LogP contribution in [0, 0.1) is 5.92 Å². The Hall–Kier alpha value is -1.36. The van der Waals surface area contributed by atoms with Crippen LogP contribution in [-0.4, -0.2) is 40.8 Å². The number of hydrogen-bond donors (Lipinski definition) is 1. The molecule has 5 heteroatoms. The third-order valence-corrected chi connectivity index (χ3v) is 3.63. The summed E-state index contributed by atoms with van der Waals surface area (Å²) in [5.74, 6) is 1.05.